The fourth-order valence-corrected chi connectivity index (χ4v) is 2.14. The molecule has 6 nitrogen and oxygen atoms in total. The van der Waals surface area contributed by atoms with Gasteiger partial charge in [0.05, 0.1) is 12.1 Å². The zero-order valence-electron chi connectivity index (χ0n) is 13.7. The molecule has 0 aliphatic carbocycles. The van der Waals surface area contributed by atoms with E-state index in [0.717, 1.165) is 12.1 Å². The fourth-order valence-electron chi connectivity index (χ4n) is 2.14. The first-order valence-corrected chi connectivity index (χ1v) is 7.39. The second-order valence-corrected chi connectivity index (χ2v) is 5.21. The normalized spacial score (nSPS) is 12.1. The fraction of sp³-hybridized carbons (Fsp3) is 0.250. The van der Waals surface area contributed by atoms with Crippen molar-refractivity contribution in [1.82, 2.24) is 10.6 Å². The van der Waals surface area contributed by atoms with E-state index in [-0.39, 0.29) is 30.4 Å². The minimum absolute atomic E-state index is 0.00845. The second kappa shape index (κ2) is 7.89. The van der Waals surface area contributed by atoms with Crippen LogP contribution in [0.4, 0.5) is 17.6 Å². The van der Waals surface area contributed by atoms with E-state index in [1.165, 1.54) is 19.2 Å². The summed E-state index contributed by atoms with van der Waals surface area (Å²) >= 11 is 0. The lowest BCUT2D eigenvalue weighted by Crippen LogP contribution is -2.36. The maximum atomic E-state index is 13.1. The number of hydrogen-bond donors (Lipinski definition) is 3. The van der Waals surface area contributed by atoms with Gasteiger partial charge < -0.3 is 20.8 Å². The highest BCUT2D eigenvalue weighted by molar-refractivity contribution is 5.89. The van der Waals surface area contributed by atoms with Crippen molar-refractivity contribution in [3.05, 3.63) is 58.8 Å². The van der Waals surface area contributed by atoms with Gasteiger partial charge in [-0.1, -0.05) is 6.07 Å². The van der Waals surface area contributed by atoms with Gasteiger partial charge in [-0.3, -0.25) is 9.79 Å². The van der Waals surface area contributed by atoms with Crippen molar-refractivity contribution in [3.63, 3.8) is 0 Å². The van der Waals surface area contributed by atoms with Gasteiger partial charge in [0.25, 0.3) is 5.91 Å². The Labute approximate surface area is 146 Å². The van der Waals surface area contributed by atoms with E-state index in [0.29, 0.717) is 11.8 Å². The third-order valence-electron chi connectivity index (χ3n) is 3.38. The molecule has 140 valence electrons. The Kier molecular flexibility index (Phi) is 5.86. The van der Waals surface area contributed by atoms with Crippen LogP contribution in [0.3, 0.4) is 0 Å². The van der Waals surface area contributed by atoms with Crippen molar-refractivity contribution in [1.29, 1.82) is 0 Å². The molecule has 0 unspecified atom stereocenters. The summed E-state index contributed by atoms with van der Waals surface area (Å²) in [6.07, 6.45) is -4.67. The Hall–Kier alpha value is -3.04. The number of carbonyl (C=O) groups excluding carboxylic acids is 1. The molecule has 0 spiro atoms. The van der Waals surface area contributed by atoms with Gasteiger partial charge in [-0.15, -0.1) is 0 Å². The molecule has 0 radical (unpaired) electrons. The molecule has 10 heteroatoms. The van der Waals surface area contributed by atoms with Crippen molar-refractivity contribution in [2.24, 2.45) is 10.7 Å². The zero-order valence-corrected chi connectivity index (χ0v) is 13.7. The van der Waals surface area contributed by atoms with Crippen LogP contribution in [0.2, 0.25) is 0 Å². The van der Waals surface area contributed by atoms with Crippen LogP contribution < -0.4 is 16.4 Å². The maximum Gasteiger partial charge on any atom is 0.416 e. The number of guanidine groups is 1. The predicted molar refractivity (Wildman–Crippen MR) is 85.7 cm³/mol. The number of halogens is 4. The number of rotatable bonds is 5. The van der Waals surface area contributed by atoms with Crippen molar-refractivity contribution in [2.75, 3.05) is 7.05 Å². The number of alkyl halides is 3. The lowest BCUT2D eigenvalue weighted by molar-refractivity contribution is -0.138. The number of nitrogens with zero attached hydrogens (tertiary/aromatic N) is 1. The minimum atomic E-state index is -4.67. The number of benzene rings is 1. The molecule has 2 rings (SSSR count). The molecule has 1 amide bonds. The van der Waals surface area contributed by atoms with Gasteiger partial charge in [-0.05, 0) is 29.8 Å². The smallest absolute Gasteiger partial charge is 0.416 e. The molecular formula is C16H16F4N4O2. The molecule has 0 aliphatic heterocycles. The lowest BCUT2D eigenvalue weighted by atomic mass is 10.1. The molecule has 1 aromatic carbocycles. The number of primary amides is 1. The van der Waals surface area contributed by atoms with Crippen LogP contribution in [0.1, 0.15) is 27.4 Å². The third kappa shape index (κ3) is 4.98. The molecule has 2 aromatic rings. The topological polar surface area (TPSA) is 92.6 Å². The van der Waals surface area contributed by atoms with E-state index in [4.69, 9.17) is 10.2 Å². The quantitative estimate of drug-likeness (QED) is 0.427. The summed E-state index contributed by atoms with van der Waals surface area (Å²) in [4.78, 5) is 14.8. The van der Waals surface area contributed by atoms with Crippen molar-refractivity contribution in [3.8, 4) is 0 Å². The molecule has 0 saturated carbocycles. The summed E-state index contributed by atoms with van der Waals surface area (Å²) in [7, 11) is 1.43. The summed E-state index contributed by atoms with van der Waals surface area (Å²) in [6.45, 7) is -0.0953. The summed E-state index contributed by atoms with van der Waals surface area (Å²) < 4.78 is 57.2. The summed E-state index contributed by atoms with van der Waals surface area (Å²) in [6, 6.07) is 5.40. The van der Waals surface area contributed by atoms with Crippen molar-refractivity contribution < 1.29 is 26.8 Å². The minimum Gasteiger partial charge on any atom is -0.454 e. The Morgan fingerprint density at radius 1 is 1.19 bits per heavy atom. The molecule has 1 aromatic heterocycles. The van der Waals surface area contributed by atoms with Crippen molar-refractivity contribution >= 4 is 11.9 Å². The van der Waals surface area contributed by atoms with Crippen LogP contribution in [0.15, 0.2) is 39.7 Å². The number of nitrogens with one attached hydrogen (secondary N) is 2. The first-order valence-electron chi connectivity index (χ1n) is 7.39. The van der Waals surface area contributed by atoms with Crippen LogP contribution in [0, 0.1) is 5.82 Å². The van der Waals surface area contributed by atoms with Gasteiger partial charge in [0.1, 0.15) is 11.6 Å². The van der Waals surface area contributed by atoms with E-state index in [1.54, 1.807) is 0 Å². The standard InChI is InChI=1S/C16H16F4N4O2/c1-22-15(24-8-11-4-5-13(26-11)14(21)25)23-7-9-2-3-10(17)6-12(9)16(18,19)20/h2-6H,7-8H2,1H3,(H2,21,25)(H2,22,23,24). The number of nitrogens with two attached hydrogens (primary N) is 1. The van der Waals surface area contributed by atoms with Crippen LogP contribution >= 0.6 is 0 Å². The van der Waals surface area contributed by atoms with Crippen molar-refractivity contribution in [2.45, 2.75) is 19.3 Å². The SMILES string of the molecule is CN=C(NCc1ccc(C(N)=O)o1)NCc1ccc(F)cc1C(F)(F)F. The summed E-state index contributed by atoms with van der Waals surface area (Å²) in [5.41, 5.74) is 3.89. The van der Waals surface area contributed by atoms with Crippen LogP contribution in [0.25, 0.3) is 0 Å². The van der Waals surface area contributed by atoms with Gasteiger partial charge >= 0.3 is 6.18 Å². The Balaban J connectivity index is 2.00. The van der Waals surface area contributed by atoms with Crippen LogP contribution in [0.5, 0.6) is 0 Å². The average molecular weight is 372 g/mol. The highest BCUT2D eigenvalue weighted by Gasteiger charge is 2.33. The molecular weight excluding hydrogens is 356 g/mol. The first kappa shape index (κ1) is 19.3. The van der Waals surface area contributed by atoms with Gasteiger partial charge in [0, 0.05) is 13.6 Å². The Bertz CT molecular complexity index is 815. The number of furan rings is 1. The second-order valence-electron chi connectivity index (χ2n) is 5.21. The lowest BCUT2D eigenvalue weighted by Gasteiger charge is -2.15. The highest BCUT2D eigenvalue weighted by Crippen LogP contribution is 2.32. The summed E-state index contributed by atoms with van der Waals surface area (Å²) in [5, 5.41) is 5.52. The number of amides is 1. The monoisotopic (exact) mass is 372 g/mol. The Morgan fingerprint density at radius 3 is 2.46 bits per heavy atom. The number of hydrogen-bond acceptors (Lipinski definition) is 3. The first-order chi connectivity index (χ1) is 12.2. The van der Waals surface area contributed by atoms with Gasteiger partial charge in [-0.25, -0.2) is 4.39 Å². The molecule has 0 saturated heterocycles. The predicted octanol–water partition coefficient (Wildman–Crippen LogP) is 2.40. The molecule has 1 heterocycles. The van der Waals surface area contributed by atoms with Gasteiger partial charge in [0.15, 0.2) is 11.7 Å². The molecule has 4 N–H and O–H groups in total. The largest absolute Gasteiger partial charge is 0.454 e. The molecule has 0 bridgehead atoms. The highest BCUT2D eigenvalue weighted by atomic mass is 19.4. The maximum absolute atomic E-state index is 13.1. The summed E-state index contributed by atoms with van der Waals surface area (Å²) in [5.74, 6) is -1.11. The van der Waals surface area contributed by atoms with E-state index in [2.05, 4.69) is 15.6 Å². The molecule has 0 fully saturated rings. The number of carbonyl (C=O) groups is 1. The van der Waals surface area contributed by atoms with Gasteiger partial charge in [-0.2, -0.15) is 13.2 Å². The van der Waals surface area contributed by atoms with E-state index < -0.39 is 23.5 Å². The molecule has 0 atom stereocenters. The van der Waals surface area contributed by atoms with Gasteiger partial charge in [0.2, 0.25) is 0 Å². The van der Waals surface area contributed by atoms with Crippen LogP contribution in [-0.2, 0) is 19.3 Å². The Morgan fingerprint density at radius 2 is 1.88 bits per heavy atom. The van der Waals surface area contributed by atoms with E-state index in [9.17, 15) is 22.4 Å². The molecule has 26 heavy (non-hydrogen) atoms. The average Bonchev–Trinajstić information content (AvgIpc) is 3.04. The number of aliphatic imine (C=N–C) groups is 1. The van der Waals surface area contributed by atoms with E-state index >= 15 is 0 Å². The zero-order chi connectivity index (χ0) is 19.3. The van der Waals surface area contributed by atoms with Crippen LogP contribution in [-0.4, -0.2) is 18.9 Å². The third-order valence-corrected chi connectivity index (χ3v) is 3.38. The molecule has 0 aliphatic rings. The van der Waals surface area contributed by atoms with E-state index in [1.807, 2.05) is 0 Å².